The highest BCUT2D eigenvalue weighted by Gasteiger charge is 2.35. The predicted molar refractivity (Wildman–Crippen MR) is 59.7 cm³/mol. The lowest BCUT2D eigenvalue weighted by molar-refractivity contribution is -0.138. The molecule has 2 nitrogen and oxygen atoms in total. The third-order valence-electron chi connectivity index (χ3n) is 1.98. The maximum Gasteiger partial charge on any atom is 0.417 e. The second-order valence-corrected chi connectivity index (χ2v) is 3.21. The van der Waals surface area contributed by atoms with Gasteiger partial charge in [-0.2, -0.15) is 13.2 Å². The molecule has 0 amide bonds. The Kier molecular flexibility index (Phi) is 4.55. The van der Waals surface area contributed by atoms with Crippen LogP contribution in [-0.2, 0) is 10.9 Å². The Morgan fingerprint density at radius 2 is 2.06 bits per heavy atom. The number of halogens is 3. The van der Waals surface area contributed by atoms with Crippen molar-refractivity contribution in [1.29, 1.82) is 0 Å². The summed E-state index contributed by atoms with van der Waals surface area (Å²) in [6, 6.07) is 4.44. The number of carbonyl (C=O) groups excluding carboxylic acids is 1. The number of hydrogen-bond acceptors (Lipinski definition) is 2. The molecule has 94 valence electrons. The van der Waals surface area contributed by atoms with E-state index < -0.39 is 23.3 Å². The molecule has 0 aliphatic carbocycles. The number of alkyl halides is 3. The van der Waals surface area contributed by atoms with Crippen molar-refractivity contribution in [2.24, 2.45) is 0 Å². The van der Waals surface area contributed by atoms with Gasteiger partial charge in [0, 0.05) is 0 Å². The molecule has 0 saturated carbocycles. The Labute approximate surface area is 102 Å². The molecule has 0 aliphatic rings. The summed E-state index contributed by atoms with van der Waals surface area (Å²) in [6.07, 6.45) is 2.97. The van der Waals surface area contributed by atoms with Crippen LogP contribution in [0.2, 0.25) is 0 Å². The van der Waals surface area contributed by atoms with Gasteiger partial charge in [0.25, 0.3) is 0 Å². The molecule has 0 unspecified atom stereocenters. The first-order valence-corrected chi connectivity index (χ1v) is 4.91. The molecular weight excluding hydrogens is 245 g/mol. The van der Waals surface area contributed by atoms with E-state index >= 15 is 0 Å². The molecule has 0 saturated heterocycles. The number of benzene rings is 1. The van der Waals surface area contributed by atoms with Gasteiger partial charge in [0.1, 0.15) is 6.61 Å². The quantitative estimate of drug-likeness (QED) is 0.612. The minimum Gasteiger partial charge on any atom is -0.458 e. The number of rotatable bonds is 3. The SMILES string of the molecule is C#CC=CCOC(=O)c1ccccc1C(F)(F)F. The molecule has 1 aromatic rings. The van der Waals surface area contributed by atoms with E-state index in [2.05, 4.69) is 10.7 Å². The average Bonchev–Trinajstić information content (AvgIpc) is 2.33. The zero-order valence-electron chi connectivity index (χ0n) is 9.20. The lowest BCUT2D eigenvalue weighted by Crippen LogP contribution is -2.15. The molecule has 5 heteroatoms. The van der Waals surface area contributed by atoms with Gasteiger partial charge < -0.3 is 4.74 Å². The van der Waals surface area contributed by atoms with Crippen molar-refractivity contribution < 1.29 is 22.7 Å². The zero-order chi connectivity index (χ0) is 13.6. The lowest BCUT2D eigenvalue weighted by atomic mass is 10.1. The van der Waals surface area contributed by atoms with Crippen LogP contribution in [0.4, 0.5) is 13.2 Å². The summed E-state index contributed by atoms with van der Waals surface area (Å²) in [7, 11) is 0. The van der Waals surface area contributed by atoms with Gasteiger partial charge in [-0.25, -0.2) is 4.79 Å². The number of esters is 1. The van der Waals surface area contributed by atoms with Crippen LogP contribution < -0.4 is 0 Å². The largest absolute Gasteiger partial charge is 0.458 e. The van der Waals surface area contributed by atoms with Crippen LogP contribution in [0.3, 0.4) is 0 Å². The van der Waals surface area contributed by atoms with Crippen LogP contribution in [-0.4, -0.2) is 12.6 Å². The standard InChI is InChI=1S/C13H9F3O2/c1-2-3-6-9-18-12(17)10-7-4-5-8-11(10)13(14,15)16/h1,3-8H,9H2. The number of carbonyl (C=O) groups is 1. The van der Waals surface area contributed by atoms with Crippen LogP contribution in [0.15, 0.2) is 36.4 Å². The first kappa shape index (κ1) is 13.8. The van der Waals surface area contributed by atoms with Crippen molar-refractivity contribution >= 4 is 5.97 Å². The van der Waals surface area contributed by atoms with E-state index in [0.29, 0.717) is 0 Å². The topological polar surface area (TPSA) is 26.3 Å². The van der Waals surface area contributed by atoms with E-state index in [4.69, 9.17) is 6.42 Å². The zero-order valence-corrected chi connectivity index (χ0v) is 9.20. The van der Waals surface area contributed by atoms with Gasteiger partial charge in [-0.1, -0.05) is 18.1 Å². The first-order valence-electron chi connectivity index (χ1n) is 4.91. The first-order chi connectivity index (χ1) is 8.46. The van der Waals surface area contributed by atoms with Crippen molar-refractivity contribution in [3.63, 3.8) is 0 Å². The minimum absolute atomic E-state index is 0.171. The van der Waals surface area contributed by atoms with Crippen LogP contribution in [0, 0.1) is 12.3 Å². The van der Waals surface area contributed by atoms with Crippen LogP contribution in [0.1, 0.15) is 15.9 Å². The normalized spacial score (nSPS) is 11.2. The van der Waals surface area contributed by atoms with Crippen molar-refractivity contribution in [3.8, 4) is 12.3 Å². The van der Waals surface area contributed by atoms with Gasteiger partial charge in [-0.3, -0.25) is 0 Å². The van der Waals surface area contributed by atoms with Gasteiger partial charge in [0.2, 0.25) is 0 Å². The molecule has 0 spiro atoms. The summed E-state index contributed by atoms with van der Waals surface area (Å²) in [5.74, 6) is 1.13. The van der Waals surface area contributed by atoms with Gasteiger partial charge in [-0.05, 0) is 24.3 Å². The second kappa shape index (κ2) is 5.92. The second-order valence-electron chi connectivity index (χ2n) is 3.21. The smallest absolute Gasteiger partial charge is 0.417 e. The molecule has 0 bridgehead atoms. The molecular formula is C13H9F3O2. The Hall–Kier alpha value is -2.22. The van der Waals surface area contributed by atoms with Crippen molar-refractivity contribution in [2.75, 3.05) is 6.61 Å². The number of allylic oxidation sites excluding steroid dienone is 1. The fraction of sp³-hybridized carbons (Fsp3) is 0.154. The van der Waals surface area contributed by atoms with E-state index in [1.807, 2.05) is 0 Å². The Bertz CT molecular complexity index is 496. The van der Waals surface area contributed by atoms with E-state index in [1.165, 1.54) is 24.3 Å². The molecule has 0 fully saturated rings. The fourth-order valence-electron chi connectivity index (χ4n) is 1.23. The van der Waals surface area contributed by atoms with Crippen LogP contribution >= 0.6 is 0 Å². The summed E-state index contributed by atoms with van der Waals surface area (Å²) in [6.45, 7) is -0.171. The minimum atomic E-state index is -4.59. The third-order valence-corrected chi connectivity index (χ3v) is 1.98. The monoisotopic (exact) mass is 254 g/mol. The number of terminal acetylenes is 1. The highest BCUT2D eigenvalue weighted by molar-refractivity contribution is 5.91. The van der Waals surface area contributed by atoms with E-state index in [9.17, 15) is 18.0 Å². The highest BCUT2D eigenvalue weighted by atomic mass is 19.4. The molecule has 0 radical (unpaired) electrons. The molecule has 1 rings (SSSR count). The van der Waals surface area contributed by atoms with Crippen molar-refractivity contribution in [2.45, 2.75) is 6.18 Å². The van der Waals surface area contributed by atoms with Crippen LogP contribution in [0.5, 0.6) is 0 Å². The van der Waals surface area contributed by atoms with Crippen molar-refractivity contribution in [1.82, 2.24) is 0 Å². The summed E-state index contributed by atoms with van der Waals surface area (Å²) in [5.41, 5.74) is -1.53. The van der Waals surface area contributed by atoms with Crippen LogP contribution in [0.25, 0.3) is 0 Å². The van der Waals surface area contributed by atoms with Crippen molar-refractivity contribution in [3.05, 3.63) is 47.5 Å². The summed E-state index contributed by atoms with van der Waals surface area (Å²) in [4.78, 5) is 11.5. The Morgan fingerprint density at radius 1 is 1.39 bits per heavy atom. The molecule has 0 aromatic heterocycles. The predicted octanol–water partition coefficient (Wildman–Crippen LogP) is 3.05. The summed E-state index contributed by atoms with van der Waals surface area (Å²) in [5, 5.41) is 0. The van der Waals surface area contributed by atoms with Gasteiger partial charge >= 0.3 is 12.1 Å². The molecule has 18 heavy (non-hydrogen) atoms. The van der Waals surface area contributed by atoms with E-state index in [-0.39, 0.29) is 6.61 Å². The maximum atomic E-state index is 12.6. The van der Waals surface area contributed by atoms with Gasteiger partial charge in [0.05, 0.1) is 11.1 Å². The Balaban J connectivity index is 2.87. The lowest BCUT2D eigenvalue weighted by Gasteiger charge is -2.11. The van der Waals surface area contributed by atoms with Gasteiger partial charge in [-0.15, -0.1) is 6.42 Å². The Morgan fingerprint density at radius 3 is 2.67 bits per heavy atom. The molecule has 0 atom stereocenters. The molecule has 0 aliphatic heterocycles. The maximum absolute atomic E-state index is 12.6. The molecule has 0 N–H and O–H groups in total. The van der Waals surface area contributed by atoms with Gasteiger partial charge in [0.15, 0.2) is 0 Å². The summed E-state index contributed by atoms with van der Waals surface area (Å²) >= 11 is 0. The average molecular weight is 254 g/mol. The fourth-order valence-corrected chi connectivity index (χ4v) is 1.23. The van der Waals surface area contributed by atoms with E-state index in [1.54, 1.807) is 0 Å². The summed E-state index contributed by atoms with van der Waals surface area (Å²) < 4.78 is 42.5. The highest BCUT2D eigenvalue weighted by Crippen LogP contribution is 2.32. The molecule has 1 aromatic carbocycles. The third kappa shape index (κ3) is 3.67. The molecule has 0 heterocycles. The number of hydrogen-bond donors (Lipinski definition) is 0. The number of ether oxygens (including phenoxy) is 1. The van der Waals surface area contributed by atoms with E-state index in [0.717, 1.165) is 12.1 Å².